The summed E-state index contributed by atoms with van der Waals surface area (Å²) in [6.45, 7) is 5.88. The Morgan fingerprint density at radius 3 is 2.39 bits per heavy atom. The van der Waals surface area contributed by atoms with Crippen molar-refractivity contribution in [2.75, 3.05) is 18.6 Å². The van der Waals surface area contributed by atoms with Gasteiger partial charge in [-0.1, -0.05) is 29.8 Å². The summed E-state index contributed by atoms with van der Waals surface area (Å²) in [5.41, 5.74) is 1.25. The molecule has 150 valence electrons. The average Bonchev–Trinajstić information content (AvgIpc) is 2.65. The molecule has 2 amide bonds. The number of hydrogen-bond donors (Lipinski definition) is 0. The van der Waals surface area contributed by atoms with Crippen LogP contribution in [0.15, 0.2) is 42.5 Å². The molecule has 0 saturated heterocycles. The molecule has 0 atom stereocenters. The van der Waals surface area contributed by atoms with Gasteiger partial charge in [0.1, 0.15) is 5.75 Å². The lowest BCUT2D eigenvalue weighted by molar-refractivity contribution is 0.0932. The molecular formula is C21H24ClNO5. The standard InChI is InChI=1S/C21H24ClNO5/c1-5-27-19-16(13-26-4)11-17(12-18(19)22)23(21(25)28-14(2)3)20(24)15-9-7-6-8-10-15/h6-12,14H,5,13H2,1-4H3. The monoisotopic (exact) mass is 405 g/mol. The molecule has 0 aliphatic carbocycles. The SMILES string of the molecule is CCOc1c(Cl)cc(N(C(=O)OC(C)C)C(=O)c2ccccc2)cc1COC. The fourth-order valence-corrected chi connectivity index (χ4v) is 2.89. The van der Waals surface area contributed by atoms with Gasteiger partial charge in [-0.05, 0) is 45.0 Å². The Balaban J connectivity index is 2.56. The smallest absolute Gasteiger partial charge is 0.421 e. The summed E-state index contributed by atoms with van der Waals surface area (Å²) >= 11 is 6.38. The van der Waals surface area contributed by atoms with Crippen molar-refractivity contribution >= 4 is 29.3 Å². The van der Waals surface area contributed by atoms with Crippen molar-refractivity contribution in [1.82, 2.24) is 0 Å². The van der Waals surface area contributed by atoms with Crippen molar-refractivity contribution in [3.63, 3.8) is 0 Å². The second kappa shape index (κ2) is 10.1. The number of ether oxygens (including phenoxy) is 3. The molecule has 0 spiro atoms. The summed E-state index contributed by atoms with van der Waals surface area (Å²) in [5.74, 6) is -0.0612. The van der Waals surface area contributed by atoms with E-state index in [4.69, 9.17) is 25.8 Å². The summed E-state index contributed by atoms with van der Waals surface area (Å²) in [4.78, 5) is 26.8. The molecule has 28 heavy (non-hydrogen) atoms. The van der Waals surface area contributed by atoms with Crippen molar-refractivity contribution in [3.8, 4) is 5.75 Å². The zero-order valence-electron chi connectivity index (χ0n) is 16.4. The lowest BCUT2D eigenvalue weighted by atomic mass is 10.1. The van der Waals surface area contributed by atoms with Crippen molar-refractivity contribution in [2.45, 2.75) is 33.5 Å². The summed E-state index contributed by atoms with van der Waals surface area (Å²) in [7, 11) is 1.54. The minimum absolute atomic E-state index is 0.204. The summed E-state index contributed by atoms with van der Waals surface area (Å²) in [6.07, 6.45) is -1.18. The van der Waals surface area contributed by atoms with Gasteiger partial charge in [0.05, 0.1) is 30.0 Å². The number of nitrogens with zero attached hydrogens (tertiary/aromatic N) is 1. The second-order valence-corrected chi connectivity index (χ2v) is 6.63. The predicted molar refractivity (Wildman–Crippen MR) is 108 cm³/mol. The van der Waals surface area contributed by atoms with E-state index in [1.165, 1.54) is 13.2 Å². The number of hydrogen-bond acceptors (Lipinski definition) is 5. The van der Waals surface area contributed by atoms with Crippen LogP contribution in [0.3, 0.4) is 0 Å². The van der Waals surface area contributed by atoms with E-state index in [0.717, 1.165) is 4.90 Å². The van der Waals surface area contributed by atoms with E-state index >= 15 is 0 Å². The van der Waals surface area contributed by atoms with Crippen LogP contribution in [0.4, 0.5) is 10.5 Å². The first-order valence-corrected chi connectivity index (χ1v) is 9.31. The Labute approximate surface area is 169 Å². The highest BCUT2D eigenvalue weighted by atomic mass is 35.5. The number of methoxy groups -OCH3 is 1. The van der Waals surface area contributed by atoms with Crippen LogP contribution in [-0.2, 0) is 16.1 Å². The molecule has 0 unspecified atom stereocenters. The van der Waals surface area contributed by atoms with E-state index in [1.54, 1.807) is 50.2 Å². The Hall–Kier alpha value is -2.57. The Bertz CT molecular complexity index is 823. The van der Waals surface area contributed by atoms with Gasteiger partial charge in [-0.2, -0.15) is 0 Å². The first-order chi connectivity index (χ1) is 13.4. The van der Waals surface area contributed by atoms with Crippen molar-refractivity contribution in [1.29, 1.82) is 0 Å². The van der Waals surface area contributed by atoms with E-state index in [2.05, 4.69) is 0 Å². The van der Waals surface area contributed by atoms with Crippen LogP contribution in [0.1, 0.15) is 36.7 Å². The predicted octanol–water partition coefficient (Wildman–Crippen LogP) is 5.08. The number of benzene rings is 2. The zero-order valence-corrected chi connectivity index (χ0v) is 17.2. The minimum Gasteiger partial charge on any atom is -0.492 e. The summed E-state index contributed by atoms with van der Waals surface area (Å²) in [5, 5.41) is 0.273. The highest BCUT2D eigenvalue weighted by Crippen LogP contribution is 2.35. The van der Waals surface area contributed by atoms with Crippen LogP contribution < -0.4 is 9.64 Å². The van der Waals surface area contributed by atoms with Gasteiger partial charge in [0, 0.05) is 18.2 Å². The minimum atomic E-state index is -0.785. The highest BCUT2D eigenvalue weighted by molar-refractivity contribution is 6.33. The Morgan fingerprint density at radius 1 is 1.14 bits per heavy atom. The molecule has 2 aromatic carbocycles. The van der Waals surface area contributed by atoms with Gasteiger partial charge in [-0.3, -0.25) is 4.79 Å². The van der Waals surface area contributed by atoms with Crippen molar-refractivity contribution < 1.29 is 23.8 Å². The molecule has 0 N–H and O–H groups in total. The van der Waals surface area contributed by atoms with Gasteiger partial charge < -0.3 is 14.2 Å². The molecule has 0 aliphatic heterocycles. The van der Waals surface area contributed by atoms with E-state index in [9.17, 15) is 9.59 Å². The van der Waals surface area contributed by atoms with Gasteiger partial charge in [0.2, 0.25) is 0 Å². The Kier molecular flexibility index (Phi) is 7.84. The third-order valence-electron chi connectivity index (χ3n) is 3.69. The molecule has 2 aromatic rings. The first-order valence-electron chi connectivity index (χ1n) is 8.93. The van der Waals surface area contributed by atoms with Gasteiger partial charge in [0.25, 0.3) is 5.91 Å². The topological polar surface area (TPSA) is 65.1 Å². The van der Waals surface area contributed by atoms with E-state index in [1.807, 2.05) is 6.92 Å². The molecule has 0 saturated carbocycles. The van der Waals surface area contributed by atoms with Crippen LogP contribution >= 0.6 is 11.6 Å². The van der Waals surface area contributed by atoms with Crippen LogP contribution in [0.2, 0.25) is 5.02 Å². The lowest BCUT2D eigenvalue weighted by Gasteiger charge is -2.23. The van der Waals surface area contributed by atoms with Gasteiger partial charge in [0.15, 0.2) is 0 Å². The number of anilines is 1. The molecule has 7 heteroatoms. The van der Waals surface area contributed by atoms with Gasteiger partial charge in [-0.15, -0.1) is 0 Å². The summed E-state index contributed by atoms with van der Waals surface area (Å²) < 4.78 is 16.1. The molecule has 0 aliphatic rings. The molecule has 0 heterocycles. The van der Waals surface area contributed by atoms with E-state index in [0.29, 0.717) is 23.5 Å². The number of rotatable bonds is 7. The maximum Gasteiger partial charge on any atom is 0.421 e. The summed E-state index contributed by atoms with van der Waals surface area (Å²) in [6, 6.07) is 11.6. The van der Waals surface area contributed by atoms with Crippen molar-refractivity contribution in [2.24, 2.45) is 0 Å². The van der Waals surface area contributed by atoms with Crippen LogP contribution in [-0.4, -0.2) is 31.8 Å². The number of amides is 2. The lowest BCUT2D eigenvalue weighted by Crippen LogP contribution is -2.38. The average molecular weight is 406 g/mol. The molecule has 0 radical (unpaired) electrons. The quantitative estimate of drug-likeness (QED) is 0.642. The molecule has 6 nitrogen and oxygen atoms in total. The van der Waals surface area contributed by atoms with Crippen LogP contribution in [0.5, 0.6) is 5.75 Å². The molecule has 2 rings (SSSR count). The largest absolute Gasteiger partial charge is 0.492 e. The highest BCUT2D eigenvalue weighted by Gasteiger charge is 2.28. The van der Waals surface area contributed by atoms with Crippen molar-refractivity contribution in [3.05, 3.63) is 58.6 Å². The fourth-order valence-electron chi connectivity index (χ4n) is 2.60. The maximum atomic E-state index is 13.1. The molecule has 0 bridgehead atoms. The first kappa shape index (κ1) is 21.7. The molecule has 0 fully saturated rings. The fraction of sp³-hybridized carbons (Fsp3) is 0.333. The third kappa shape index (κ3) is 5.24. The number of imide groups is 1. The molecular weight excluding hydrogens is 382 g/mol. The normalized spacial score (nSPS) is 10.6. The second-order valence-electron chi connectivity index (χ2n) is 6.22. The number of carbonyl (C=O) groups excluding carboxylic acids is 2. The molecule has 0 aromatic heterocycles. The van der Waals surface area contributed by atoms with Gasteiger partial charge >= 0.3 is 6.09 Å². The maximum absolute atomic E-state index is 13.1. The van der Waals surface area contributed by atoms with Gasteiger partial charge in [-0.25, -0.2) is 9.69 Å². The third-order valence-corrected chi connectivity index (χ3v) is 3.98. The van der Waals surface area contributed by atoms with E-state index in [-0.39, 0.29) is 17.3 Å². The van der Waals surface area contributed by atoms with E-state index < -0.39 is 18.1 Å². The van der Waals surface area contributed by atoms with Crippen LogP contribution in [0, 0.1) is 0 Å². The van der Waals surface area contributed by atoms with Crippen LogP contribution in [0.25, 0.3) is 0 Å². The Morgan fingerprint density at radius 2 is 1.82 bits per heavy atom. The number of carbonyl (C=O) groups is 2. The number of halogens is 1. The zero-order chi connectivity index (χ0) is 20.7.